The zero-order valence-electron chi connectivity index (χ0n) is 8.03. The molecule has 0 bridgehead atoms. The Kier molecular flexibility index (Phi) is 6.39. The summed E-state index contributed by atoms with van der Waals surface area (Å²) in [5.41, 5.74) is 5.45. The third kappa shape index (κ3) is 6.19. The van der Waals surface area contributed by atoms with Crippen LogP contribution in [0.15, 0.2) is 12.7 Å². The van der Waals surface area contributed by atoms with Gasteiger partial charge in [-0.3, -0.25) is 9.59 Å². The van der Waals surface area contributed by atoms with Gasteiger partial charge in [-0.25, -0.2) is 0 Å². The van der Waals surface area contributed by atoms with E-state index in [-0.39, 0.29) is 18.7 Å². The number of rotatable bonds is 7. The normalized spacial score (nSPS) is 11.8. The number of aliphatic carboxylic acids is 1. The van der Waals surface area contributed by atoms with E-state index in [1.165, 1.54) is 0 Å². The van der Waals surface area contributed by atoms with E-state index in [9.17, 15) is 9.59 Å². The van der Waals surface area contributed by atoms with Crippen LogP contribution in [-0.4, -0.2) is 29.6 Å². The fourth-order valence-electron chi connectivity index (χ4n) is 0.839. The fraction of sp³-hybridized carbons (Fsp3) is 0.556. The van der Waals surface area contributed by atoms with Crippen molar-refractivity contribution in [2.45, 2.75) is 25.3 Å². The van der Waals surface area contributed by atoms with Crippen LogP contribution in [0.25, 0.3) is 0 Å². The lowest BCUT2D eigenvalue weighted by Crippen LogP contribution is -2.41. The van der Waals surface area contributed by atoms with Crippen molar-refractivity contribution in [3.63, 3.8) is 0 Å². The first-order valence-corrected chi connectivity index (χ1v) is 4.44. The predicted octanol–water partition coefficient (Wildman–Crippen LogP) is -0.129. The van der Waals surface area contributed by atoms with Gasteiger partial charge in [0.1, 0.15) is 0 Å². The van der Waals surface area contributed by atoms with Gasteiger partial charge in [0, 0.05) is 13.0 Å². The topological polar surface area (TPSA) is 92.4 Å². The molecule has 0 aliphatic heterocycles. The van der Waals surface area contributed by atoms with Gasteiger partial charge in [-0.05, 0) is 12.8 Å². The van der Waals surface area contributed by atoms with Gasteiger partial charge in [0.25, 0.3) is 0 Å². The van der Waals surface area contributed by atoms with Crippen molar-refractivity contribution in [2.24, 2.45) is 5.73 Å². The van der Waals surface area contributed by atoms with E-state index in [0.717, 1.165) is 0 Å². The molecule has 5 nitrogen and oxygen atoms in total. The maximum absolute atomic E-state index is 11.2. The third-order valence-electron chi connectivity index (χ3n) is 1.65. The van der Waals surface area contributed by atoms with Crippen molar-refractivity contribution in [3.8, 4) is 0 Å². The second-order valence-corrected chi connectivity index (χ2v) is 2.91. The van der Waals surface area contributed by atoms with Crippen LogP contribution in [0.4, 0.5) is 0 Å². The molecule has 0 saturated carbocycles. The quantitative estimate of drug-likeness (QED) is 0.394. The number of amides is 1. The van der Waals surface area contributed by atoms with E-state index in [0.29, 0.717) is 13.0 Å². The first-order valence-electron chi connectivity index (χ1n) is 4.44. The van der Waals surface area contributed by atoms with Crippen LogP contribution < -0.4 is 11.1 Å². The Hall–Kier alpha value is -1.36. The van der Waals surface area contributed by atoms with Gasteiger partial charge in [-0.15, -0.1) is 6.58 Å². The van der Waals surface area contributed by atoms with Crippen LogP contribution in [-0.2, 0) is 9.59 Å². The van der Waals surface area contributed by atoms with E-state index < -0.39 is 12.0 Å². The molecule has 0 aliphatic carbocycles. The molecule has 0 radical (unpaired) electrons. The van der Waals surface area contributed by atoms with E-state index in [4.69, 9.17) is 10.8 Å². The van der Waals surface area contributed by atoms with Crippen molar-refractivity contribution in [1.29, 1.82) is 0 Å². The van der Waals surface area contributed by atoms with Crippen LogP contribution in [0.3, 0.4) is 0 Å². The van der Waals surface area contributed by atoms with E-state index in [1.807, 2.05) is 0 Å². The first kappa shape index (κ1) is 12.6. The zero-order chi connectivity index (χ0) is 11.0. The molecule has 0 rings (SSSR count). The van der Waals surface area contributed by atoms with Gasteiger partial charge >= 0.3 is 5.97 Å². The van der Waals surface area contributed by atoms with E-state index in [2.05, 4.69) is 11.9 Å². The Morgan fingerprint density at radius 2 is 2.21 bits per heavy atom. The predicted molar refractivity (Wildman–Crippen MR) is 52.7 cm³/mol. The average Bonchev–Trinajstić information content (AvgIpc) is 2.14. The Bertz CT molecular complexity index is 216. The summed E-state index contributed by atoms with van der Waals surface area (Å²) in [5, 5.41) is 10.9. The minimum atomic E-state index is -0.945. The highest BCUT2D eigenvalue weighted by molar-refractivity contribution is 5.82. The molecule has 1 amide bonds. The summed E-state index contributed by atoms with van der Waals surface area (Å²) in [5.74, 6) is -1.26. The number of carbonyl (C=O) groups excluding carboxylic acids is 1. The molecule has 4 N–H and O–H groups in total. The van der Waals surface area contributed by atoms with Crippen LogP contribution in [0.5, 0.6) is 0 Å². The molecule has 1 unspecified atom stereocenters. The molecule has 0 heterocycles. The van der Waals surface area contributed by atoms with Crippen LogP contribution in [0.2, 0.25) is 0 Å². The SMILES string of the molecule is C=CCCNC(=O)C(N)CCC(=O)O. The minimum absolute atomic E-state index is 0.0873. The van der Waals surface area contributed by atoms with Crippen molar-refractivity contribution in [2.75, 3.05) is 6.54 Å². The lowest BCUT2D eigenvalue weighted by atomic mass is 10.1. The fourth-order valence-corrected chi connectivity index (χ4v) is 0.839. The molecule has 0 fully saturated rings. The zero-order valence-corrected chi connectivity index (χ0v) is 8.03. The maximum atomic E-state index is 11.2. The van der Waals surface area contributed by atoms with Gasteiger partial charge < -0.3 is 16.2 Å². The van der Waals surface area contributed by atoms with Gasteiger partial charge in [0.2, 0.25) is 5.91 Å². The lowest BCUT2D eigenvalue weighted by Gasteiger charge is -2.09. The minimum Gasteiger partial charge on any atom is -0.481 e. The molecule has 0 aromatic rings. The van der Waals surface area contributed by atoms with Gasteiger partial charge in [0.05, 0.1) is 6.04 Å². The summed E-state index contributed by atoms with van der Waals surface area (Å²) in [4.78, 5) is 21.4. The number of carbonyl (C=O) groups is 2. The standard InChI is InChI=1S/C9H16N2O3/c1-2-3-6-11-9(14)7(10)4-5-8(12)13/h2,7H,1,3-6,10H2,(H,11,14)(H,12,13). The Balaban J connectivity index is 3.64. The number of nitrogens with one attached hydrogen (secondary N) is 1. The lowest BCUT2D eigenvalue weighted by molar-refractivity contribution is -0.137. The first-order chi connectivity index (χ1) is 6.57. The molecule has 0 spiro atoms. The Morgan fingerprint density at radius 3 is 2.71 bits per heavy atom. The number of nitrogens with two attached hydrogens (primary N) is 1. The summed E-state index contributed by atoms with van der Waals surface area (Å²) in [6.45, 7) is 3.99. The van der Waals surface area contributed by atoms with Crippen molar-refractivity contribution in [1.82, 2.24) is 5.32 Å². The summed E-state index contributed by atoms with van der Waals surface area (Å²) < 4.78 is 0. The summed E-state index contributed by atoms with van der Waals surface area (Å²) in [6, 6.07) is -0.740. The number of hydrogen-bond donors (Lipinski definition) is 3. The molecular weight excluding hydrogens is 184 g/mol. The van der Waals surface area contributed by atoms with Gasteiger partial charge in [0.15, 0.2) is 0 Å². The molecule has 1 atom stereocenters. The molecule has 0 saturated heterocycles. The molecule has 0 aromatic carbocycles. The van der Waals surface area contributed by atoms with E-state index in [1.54, 1.807) is 6.08 Å². The van der Waals surface area contributed by atoms with Gasteiger partial charge in [-0.2, -0.15) is 0 Å². The summed E-state index contributed by atoms with van der Waals surface area (Å²) in [7, 11) is 0. The Labute approximate surface area is 83.0 Å². The molecule has 14 heavy (non-hydrogen) atoms. The van der Waals surface area contributed by atoms with Crippen molar-refractivity contribution >= 4 is 11.9 Å². The molecule has 5 heteroatoms. The van der Waals surface area contributed by atoms with Crippen molar-refractivity contribution in [3.05, 3.63) is 12.7 Å². The van der Waals surface area contributed by atoms with Crippen LogP contribution >= 0.6 is 0 Å². The molecular formula is C9H16N2O3. The number of hydrogen-bond acceptors (Lipinski definition) is 3. The second-order valence-electron chi connectivity index (χ2n) is 2.91. The highest BCUT2D eigenvalue weighted by Crippen LogP contribution is 1.94. The largest absolute Gasteiger partial charge is 0.481 e. The van der Waals surface area contributed by atoms with E-state index >= 15 is 0 Å². The molecule has 0 aromatic heterocycles. The maximum Gasteiger partial charge on any atom is 0.303 e. The summed E-state index contributed by atoms with van der Waals surface area (Å²) in [6.07, 6.45) is 2.44. The molecule has 0 aliphatic rings. The van der Waals surface area contributed by atoms with Crippen molar-refractivity contribution < 1.29 is 14.7 Å². The molecule has 80 valence electrons. The third-order valence-corrected chi connectivity index (χ3v) is 1.65. The van der Waals surface area contributed by atoms with Crippen LogP contribution in [0.1, 0.15) is 19.3 Å². The summed E-state index contributed by atoms with van der Waals surface area (Å²) >= 11 is 0. The Morgan fingerprint density at radius 1 is 1.57 bits per heavy atom. The smallest absolute Gasteiger partial charge is 0.303 e. The highest BCUT2D eigenvalue weighted by Gasteiger charge is 2.13. The second kappa shape index (κ2) is 7.08. The highest BCUT2D eigenvalue weighted by atomic mass is 16.4. The van der Waals surface area contributed by atoms with Gasteiger partial charge in [-0.1, -0.05) is 6.08 Å². The van der Waals surface area contributed by atoms with Crippen LogP contribution in [0, 0.1) is 0 Å². The monoisotopic (exact) mass is 200 g/mol. The number of carboxylic acid groups (broad SMARTS) is 1. The average molecular weight is 200 g/mol. The number of carboxylic acids is 1.